The van der Waals surface area contributed by atoms with Gasteiger partial charge in [0.25, 0.3) is 5.56 Å². The lowest BCUT2D eigenvalue weighted by Gasteiger charge is -2.19. The van der Waals surface area contributed by atoms with Gasteiger partial charge in [-0.25, -0.2) is 0 Å². The van der Waals surface area contributed by atoms with Crippen LogP contribution in [0.5, 0.6) is 5.75 Å². The summed E-state index contributed by atoms with van der Waals surface area (Å²) in [5, 5.41) is 18.4. The molecule has 3 aromatic carbocycles. The van der Waals surface area contributed by atoms with Gasteiger partial charge in [-0.3, -0.25) is 9.36 Å². The monoisotopic (exact) mass is 498 g/mol. The number of nitrogens with zero attached hydrogens (tertiary/aromatic N) is 6. The van der Waals surface area contributed by atoms with Crippen LogP contribution >= 0.6 is 11.8 Å². The Labute approximate surface area is 213 Å². The third-order valence-corrected chi connectivity index (χ3v) is 6.96. The number of rotatable bonds is 9. The van der Waals surface area contributed by atoms with E-state index in [-0.39, 0.29) is 24.1 Å². The highest BCUT2D eigenvalue weighted by atomic mass is 32.2. The molecule has 0 radical (unpaired) electrons. The Kier molecular flexibility index (Phi) is 7.08. The fourth-order valence-corrected chi connectivity index (χ4v) is 4.88. The molecule has 0 aliphatic rings. The first kappa shape index (κ1) is 23.7. The second kappa shape index (κ2) is 10.7. The van der Waals surface area contributed by atoms with Crippen LogP contribution in [-0.4, -0.2) is 29.8 Å². The lowest BCUT2D eigenvalue weighted by Crippen LogP contribution is -2.23. The summed E-state index contributed by atoms with van der Waals surface area (Å²) in [5.41, 5.74) is 2.77. The average molecular weight is 499 g/mol. The predicted molar refractivity (Wildman–Crippen MR) is 140 cm³/mol. The molecule has 1 unspecified atom stereocenters. The zero-order chi connectivity index (χ0) is 24.9. The van der Waals surface area contributed by atoms with Gasteiger partial charge in [0.1, 0.15) is 17.9 Å². The van der Waals surface area contributed by atoms with Gasteiger partial charge in [0.2, 0.25) is 0 Å². The van der Waals surface area contributed by atoms with Crippen LogP contribution in [0.15, 0.2) is 88.8 Å². The van der Waals surface area contributed by atoms with E-state index in [4.69, 9.17) is 4.74 Å². The zero-order valence-electron chi connectivity index (χ0n) is 20.1. The Morgan fingerprint density at radius 2 is 1.67 bits per heavy atom. The maximum absolute atomic E-state index is 12.9. The topological polar surface area (TPSA) is 87.7 Å². The van der Waals surface area contributed by atoms with Crippen molar-refractivity contribution in [3.8, 4) is 5.75 Å². The van der Waals surface area contributed by atoms with Crippen molar-refractivity contribution in [2.24, 2.45) is 0 Å². The van der Waals surface area contributed by atoms with Crippen LogP contribution in [0.3, 0.4) is 0 Å². The van der Waals surface area contributed by atoms with Crippen LogP contribution in [0.25, 0.3) is 10.9 Å². The van der Waals surface area contributed by atoms with E-state index in [9.17, 15) is 4.79 Å². The highest BCUT2D eigenvalue weighted by Crippen LogP contribution is 2.27. The second-order valence-corrected chi connectivity index (χ2v) is 9.24. The molecule has 0 N–H and O–H groups in total. The van der Waals surface area contributed by atoms with Crippen LogP contribution in [0.4, 0.5) is 0 Å². The van der Waals surface area contributed by atoms with Crippen molar-refractivity contribution in [3.63, 3.8) is 0 Å². The van der Waals surface area contributed by atoms with E-state index >= 15 is 0 Å². The maximum Gasteiger partial charge on any atom is 0.278 e. The summed E-state index contributed by atoms with van der Waals surface area (Å²) < 4.78 is 9.46. The minimum absolute atomic E-state index is 0.0378. The summed E-state index contributed by atoms with van der Waals surface area (Å²) in [5.74, 6) is 1.74. The van der Waals surface area contributed by atoms with Gasteiger partial charge in [0.15, 0.2) is 11.0 Å². The summed E-state index contributed by atoms with van der Waals surface area (Å²) in [4.78, 5) is 12.9. The first-order valence-electron chi connectivity index (χ1n) is 11.8. The summed E-state index contributed by atoms with van der Waals surface area (Å²) >= 11 is 1.39. The standard InChI is InChI=1S/C27H26N6O2S/c1-3-20-13-15-22(16-14-20)35-17-25-29-30-27(33(25)19(2)21-9-5-4-6-10-21)36-18-32-26(34)23-11-7-8-12-24(23)28-31-32/h4-16,19H,3,17-18H2,1-2H3. The SMILES string of the molecule is CCc1ccc(OCc2nnc(SCn3nnc4ccccc4c3=O)n2C(C)c2ccccc2)cc1. The zero-order valence-corrected chi connectivity index (χ0v) is 20.9. The molecule has 5 aromatic rings. The highest BCUT2D eigenvalue weighted by molar-refractivity contribution is 7.98. The molecule has 0 spiro atoms. The van der Waals surface area contributed by atoms with Crippen molar-refractivity contribution in [3.05, 3.63) is 106 Å². The van der Waals surface area contributed by atoms with Gasteiger partial charge in [-0.2, -0.15) is 4.68 Å². The van der Waals surface area contributed by atoms with Crippen molar-refractivity contribution in [2.45, 2.75) is 44.0 Å². The van der Waals surface area contributed by atoms with E-state index in [0.717, 1.165) is 17.7 Å². The molecule has 0 fully saturated rings. The molecule has 182 valence electrons. The quantitative estimate of drug-likeness (QED) is 0.268. The molecule has 0 aliphatic heterocycles. The van der Waals surface area contributed by atoms with Crippen LogP contribution in [0.2, 0.25) is 0 Å². The largest absolute Gasteiger partial charge is 0.486 e. The maximum atomic E-state index is 12.9. The van der Waals surface area contributed by atoms with Crippen LogP contribution in [0, 0.1) is 0 Å². The minimum Gasteiger partial charge on any atom is -0.486 e. The van der Waals surface area contributed by atoms with Crippen molar-refractivity contribution in [1.29, 1.82) is 0 Å². The molecular formula is C27H26N6O2S. The van der Waals surface area contributed by atoms with E-state index in [0.29, 0.717) is 21.9 Å². The molecular weight excluding hydrogens is 472 g/mol. The molecule has 8 nitrogen and oxygen atoms in total. The molecule has 0 saturated heterocycles. The molecule has 36 heavy (non-hydrogen) atoms. The Hall–Kier alpha value is -3.98. The number of hydrogen-bond acceptors (Lipinski definition) is 7. The lowest BCUT2D eigenvalue weighted by atomic mass is 10.1. The molecule has 0 saturated carbocycles. The first-order chi connectivity index (χ1) is 17.6. The summed E-state index contributed by atoms with van der Waals surface area (Å²) in [6.45, 7) is 4.50. The van der Waals surface area contributed by atoms with E-state index < -0.39 is 0 Å². The van der Waals surface area contributed by atoms with Gasteiger partial charge in [-0.05, 0) is 48.7 Å². The molecule has 2 aromatic heterocycles. The number of ether oxygens (including phenoxy) is 1. The van der Waals surface area contributed by atoms with Crippen molar-refractivity contribution < 1.29 is 4.74 Å². The summed E-state index contributed by atoms with van der Waals surface area (Å²) in [7, 11) is 0. The van der Waals surface area contributed by atoms with E-state index in [1.807, 2.05) is 42.5 Å². The van der Waals surface area contributed by atoms with Gasteiger partial charge >= 0.3 is 0 Å². The summed E-state index contributed by atoms with van der Waals surface area (Å²) in [6.07, 6.45) is 0.981. The lowest BCUT2D eigenvalue weighted by molar-refractivity contribution is 0.285. The third kappa shape index (κ3) is 5.01. The van der Waals surface area contributed by atoms with Crippen LogP contribution in [0.1, 0.15) is 36.8 Å². The second-order valence-electron chi connectivity index (χ2n) is 8.33. The first-order valence-corrected chi connectivity index (χ1v) is 12.8. The minimum atomic E-state index is -0.186. The fraction of sp³-hybridized carbons (Fsp3) is 0.222. The third-order valence-electron chi connectivity index (χ3n) is 6.05. The molecule has 9 heteroatoms. The predicted octanol–water partition coefficient (Wildman–Crippen LogP) is 4.88. The molecule has 2 heterocycles. The van der Waals surface area contributed by atoms with Gasteiger partial charge in [0, 0.05) is 0 Å². The molecule has 5 rings (SSSR count). The number of aromatic nitrogens is 6. The smallest absolute Gasteiger partial charge is 0.278 e. The highest BCUT2D eigenvalue weighted by Gasteiger charge is 2.20. The Morgan fingerprint density at radius 3 is 2.44 bits per heavy atom. The average Bonchev–Trinajstić information content (AvgIpc) is 3.34. The Bertz CT molecular complexity index is 1520. The summed E-state index contributed by atoms with van der Waals surface area (Å²) in [6, 6.07) is 25.4. The van der Waals surface area contributed by atoms with Gasteiger partial charge in [-0.15, -0.1) is 15.3 Å². The van der Waals surface area contributed by atoms with Gasteiger partial charge in [0.05, 0.1) is 17.3 Å². The van der Waals surface area contributed by atoms with E-state index in [1.165, 1.54) is 22.0 Å². The fourth-order valence-electron chi connectivity index (χ4n) is 3.97. The van der Waals surface area contributed by atoms with Crippen molar-refractivity contribution >= 4 is 22.7 Å². The van der Waals surface area contributed by atoms with Gasteiger partial charge in [-0.1, -0.05) is 78.5 Å². The van der Waals surface area contributed by atoms with Crippen LogP contribution < -0.4 is 10.3 Å². The van der Waals surface area contributed by atoms with E-state index in [1.54, 1.807) is 12.1 Å². The number of hydrogen-bond donors (Lipinski definition) is 0. The number of benzene rings is 3. The molecule has 0 aliphatic carbocycles. The van der Waals surface area contributed by atoms with E-state index in [2.05, 4.69) is 63.2 Å². The number of thioether (sulfide) groups is 1. The number of fused-ring (bicyclic) bond motifs is 1. The van der Waals surface area contributed by atoms with Crippen LogP contribution in [-0.2, 0) is 18.9 Å². The van der Waals surface area contributed by atoms with Crippen molar-refractivity contribution in [2.75, 3.05) is 0 Å². The normalized spacial score (nSPS) is 12.1. The molecule has 0 bridgehead atoms. The Balaban J connectivity index is 1.41. The van der Waals surface area contributed by atoms with Gasteiger partial charge < -0.3 is 4.74 Å². The molecule has 1 atom stereocenters. The molecule has 0 amide bonds. The van der Waals surface area contributed by atoms with Crippen molar-refractivity contribution in [1.82, 2.24) is 29.8 Å². The number of aryl methyl sites for hydroxylation is 1. The Morgan fingerprint density at radius 1 is 0.917 bits per heavy atom.